The van der Waals surface area contributed by atoms with Gasteiger partial charge in [0.1, 0.15) is 6.04 Å². The molecule has 0 bridgehead atoms. The molecule has 0 spiro atoms. The predicted octanol–water partition coefficient (Wildman–Crippen LogP) is 5.60. The number of carbonyl (C=O) groups excluding carboxylic acids is 1. The highest BCUT2D eigenvalue weighted by Gasteiger charge is 2.36. The Morgan fingerprint density at radius 2 is 1.77 bits per heavy atom. The van der Waals surface area contributed by atoms with Crippen LogP contribution in [0.15, 0.2) is 61.9 Å². The van der Waals surface area contributed by atoms with Gasteiger partial charge in [-0.15, -0.1) is 0 Å². The van der Waals surface area contributed by atoms with E-state index in [2.05, 4.69) is 66.4 Å². The van der Waals surface area contributed by atoms with E-state index >= 15 is 0 Å². The molecule has 4 aromatic rings. The lowest BCUT2D eigenvalue weighted by Gasteiger charge is -2.26. The smallest absolute Gasteiger partial charge is 0.338 e. The number of halogens is 1. The van der Waals surface area contributed by atoms with Crippen LogP contribution in [-0.4, -0.2) is 35.9 Å². The number of nitrogens with zero attached hydrogens (tertiary/aromatic N) is 3. The van der Waals surface area contributed by atoms with Gasteiger partial charge in [-0.2, -0.15) is 0 Å². The largest absolute Gasteiger partial charge is 0.493 e. The van der Waals surface area contributed by atoms with Crippen LogP contribution in [0.1, 0.15) is 53.5 Å². The molecule has 8 nitrogen and oxygen atoms in total. The Balaban J connectivity index is 1.73. The van der Waals surface area contributed by atoms with Gasteiger partial charge in [0.2, 0.25) is 0 Å². The first-order valence-electron chi connectivity index (χ1n) is 13.9. The van der Waals surface area contributed by atoms with Crippen LogP contribution in [-0.2, 0) is 9.53 Å². The second-order valence-corrected chi connectivity index (χ2v) is 12.2. The molecule has 0 amide bonds. The van der Waals surface area contributed by atoms with Crippen molar-refractivity contribution < 1.29 is 19.0 Å². The average molecular weight is 665 g/mol. The molecule has 5 rings (SSSR count). The van der Waals surface area contributed by atoms with Gasteiger partial charge in [-0.05, 0) is 88.6 Å². The first-order chi connectivity index (χ1) is 20.5. The maximum atomic E-state index is 14.2. The number of aromatic nitrogens is 2. The van der Waals surface area contributed by atoms with Crippen molar-refractivity contribution in [3.8, 4) is 17.2 Å². The van der Waals surface area contributed by atoms with Gasteiger partial charge in [-0.1, -0.05) is 39.4 Å². The van der Waals surface area contributed by atoms with E-state index in [9.17, 15) is 9.59 Å². The highest BCUT2D eigenvalue weighted by Crippen LogP contribution is 2.40. The molecule has 0 saturated carbocycles. The fourth-order valence-corrected chi connectivity index (χ4v) is 7.00. The van der Waals surface area contributed by atoms with E-state index in [1.54, 1.807) is 31.6 Å². The van der Waals surface area contributed by atoms with Crippen LogP contribution < -0.4 is 24.4 Å². The lowest BCUT2D eigenvalue weighted by Crippen LogP contribution is -2.40. The summed E-state index contributed by atoms with van der Waals surface area (Å²) in [5.41, 5.74) is 7.48. The molecule has 2 aromatic carbocycles. The highest BCUT2D eigenvalue weighted by molar-refractivity contribution is 9.10. The molecule has 1 aliphatic heterocycles. The summed E-state index contributed by atoms with van der Waals surface area (Å²) < 4.78 is 22.1. The van der Waals surface area contributed by atoms with Crippen molar-refractivity contribution in [1.82, 2.24) is 9.13 Å². The third-order valence-corrected chi connectivity index (χ3v) is 9.92. The first-order valence-corrected chi connectivity index (χ1v) is 15.5. The maximum absolute atomic E-state index is 14.2. The van der Waals surface area contributed by atoms with Gasteiger partial charge in [0.25, 0.3) is 5.56 Å². The van der Waals surface area contributed by atoms with Gasteiger partial charge in [0.05, 0.1) is 36.6 Å². The lowest BCUT2D eigenvalue weighted by molar-refractivity contribution is -0.139. The summed E-state index contributed by atoms with van der Waals surface area (Å²) in [4.78, 5) is 32.7. The van der Waals surface area contributed by atoms with Gasteiger partial charge in [-0.3, -0.25) is 9.36 Å². The summed E-state index contributed by atoms with van der Waals surface area (Å²) in [7, 11) is 3.09. The number of para-hydroxylation sites is 1. The molecule has 0 unspecified atom stereocenters. The minimum absolute atomic E-state index is 0.190. The number of carbonyl (C=O) groups is 1. The van der Waals surface area contributed by atoms with Crippen molar-refractivity contribution in [3.63, 3.8) is 0 Å². The van der Waals surface area contributed by atoms with Crippen LogP contribution in [0.2, 0.25) is 0 Å². The zero-order valence-corrected chi connectivity index (χ0v) is 27.9. The number of hydrogen-bond acceptors (Lipinski definition) is 7. The maximum Gasteiger partial charge on any atom is 0.338 e. The van der Waals surface area contributed by atoms with E-state index in [-0.39, 0.29) is 17.7 Å². The minimum Gasteiger partial charge on any atom is -0.493 e. The molecule has 1 atom stereocenters. The molecular formula is C33H34BrN3O5S. The molecule has 0 N–H and O–H groups in total. The second-order valence-electron chi connectivity index (χ2n) is 10.4. The van der Waals surface area contributed by atoms with Crippen LogP contribution >= 0.6 is 27.3 Å². The summed E-state index contributed by atoms with van der Waals surface area (Å²) in [6, 6.07) is 11.0. The van der Waals surface area contributed by atoms with Crippen LogP contribution in [0, 0.1) is 27.7 Å². The normalized spacial score (nSPS) is 14.9. The number of hydrogen-bond donors (Lipinski definition) is 0. The minimum atomic E-state index is -0.816. The van der Waals surface area contributed by atoms with Gasteiger partial charge in [0, 0.05) is 27.1 Å². The summed E-state index contributed by atoms with van der Waals surface area (Å²) in [6.45, 7) is 12.0. The van der Waals surface area contributed by atoms with E-state index in [0.29, 0.717) is 32.1 Å². The van der Waals surface area contributed by atoms with Crippen LogP contribution in [0.3, 0.4) is 0 Å². The van der Waals surface area contributed by atoms with E-state index in [4.69, 9.17) is 19.2 Å². The number of aryl methyl sites for hydroxylation is 3. The average Bonchev–Trinajstić information content (AvgIpc) is 3.43. The topological polar surface area (TPSA) is 84.1 Å². The van der Waals surface area contributed by atoms with E-state index < -0.39 is 12.0 Å². The number of benzene rings is 2. The van der Waals surface area contributed by atoms with Gasteiger partial charge < -0.3 is 18.8 Å². The molecule has 0 saturated heterocycles. The summed E-state index contributed by atoms with van der Waals surface area (Å²) in [5, 5.41) is 0. The van der Waals surface area contributed by atoms with Crippen molar-refractivity contribution in [2.75, 3.05) is 20.8 Å². The Kier molecular flexibility index (Phi) is 8.54. The van der Waals surface area contributed by atoms with E-state index in [1.165, 1.54) is 18.4 Å². The fraction of sp³-hybridized carbons (Fsp3) is 0.303. The summed E-state index contributed by atoms with van der Waals surface area (Å²) >= 11 is 4.96. The molecule has 0 aliphatic carbocycles. The zero-order chi connectivity index (χ0) is 31.2. The molecule has 1 aliphatic rings. The van der Waals surface area contributed by atoms with Crippen LogP contribution in [0.4, 0.5) is 0 Å². The number of thiazole rings is 1. The monoisotopic (exact) mass is 663 g/mol. The van der Waals surface area contributed by atoms with Gasteiger partial charge >= 0.3 is 5.97 Å². The number of esters is 1. The zero-order valence-electron chi connectivity index (χ0n) is 25.5. The Morgan fingerprint density at radius 3 is 2.40 bits per heavy atom. The standard InChI is InChI=1S/C33H34BrN3O5S/c1-9-42-32(39)27-20(5)35-33-37(29(27)24-11-10-12-25(40-7)30(24)41-8)31(38)26(43-33)16-22-15-19(4)36(21(22)6)23-13-17(2)28(34)18(3)14-23/h10-16,29H,9H2,1-8H3/b26-16-/t29-/m1/s1. The summed E-state index contributed by atoms with van der Waals surface area (Å²) in [5.74, 6) is 0.395. The van der Waals surface area contributed by atoms with Crippen molar-refractivity contribution >= 4 is 39.3 Å². The third-order valence-electron chi connectivity index (χ3n) is 7.68. The van der Waals surface area contributed by atoms with Crippen LogP contribution in [0.25, 0.3) is 11.8 Å². The number of fused-ring (bicyclic) bond motifs is 1. The lowest BCUT2D eigenvalue weighted by atomic mass is 9.94. The second kappa shape index (κ2) is 12.0. The molecule has 0 fully saturated rings. The van der Waals surface area contributed by atoms with Gasteiger partial charge in [0.15, 0.2) is 16.3 Å². The molecule has 3 heterocycles. The third kappa shape index (κ3) is 5.27. The van der Waals surface area contributed by atoms with Gasteiger partial charge in [-0.25, -0.2) is 9.79 Å². The van der Waals surface area contributed by atoms with Crippen molar-refractivity contribution in [2.24, 2.45) is 4.99 Å². The number of rotatable bonds is 7. The molecule has 2 aromatic heterocycles. The number of methoxy groups -OCH3 is 2. The van der Waals surface area contributed by atoms with Crippen molar-refractivity contribution in [3.05, 3.63) is 105 Å². The molecular weight excluding hydrogens is 630 g/mol. The van der Waals surface area contributed by atoms with Crippen molar-refractivity contribution in [2.45, 2.75) is 47.6 Å². The highest BCUT2D eigenvalue weighted by atomic mass is 79.9. The molecule has 10 heteroatoms. The quantitative estimate of drug-likeness (QED) is 0.240. The van der Waals surface area contributed by atoms with Crippen LogP contribution in [0.5, 0.6) is 11.5 Å². The molecule has 224 valence electrons. The number of ether oxygens (including phenoxy) is 3. The molecule has 0 radical (unpaired) electrons. The van der Waals surface area contributed by atoms with E-state index in [0.717, 1.165) is 38.2 Å². The molecule has 43 heavy (non-hydrogen) atoms. The first kappa shape index (κ1) is 30.6. The fourth-order valence-electron chi connectivity index (χ4n) is 5.74. The Labute approximate surface area is 262 Å². The Bertz CT molecular complexity index is 1960. The Morgan fingerprint density at radius 1 is 1.07 bits per heavy atom. The predicted molar refractivity (Wildman–Crippen MR) is 172 cm³/mol. The SMILES string of the molecule is CCOC(=O)C1=C(C)N=c2s/c(=C\c3cc(C)n(-c4cc(C)c(Br)c(C)c4)c3C)c(=O)n2[C@@H]1c1cccc(OC)c1OC. The van der Waals surface area contributed by atoms with E-state index in [1.807, 2.05) is 18.2 Å². The Hall–Kier alpha value is -3.89. The number of allylic oxidation sites excluding steroid dienone is 1. The van der Waals surface area contributed by atoms with Crippen molar-refractivity contribution in [1.29, 1.82) is 0 Å². The summed E-state index contributed by atoms with van der Waals surface area (Å²) in [6.07, 6.45) is 1.91.